The van der Waals surface area contributed by atoms with Gasteiger partial charge < -0.3 is 14.8 Å². The molecule has 2 aromatic carbocycles. The Labute approximate surface area is 145 Å². The Morgan fingerprint density at radius 1 is 1.08 bits per heavy atom. The number of halogens is 1. The molecule has 0 aromatic heterocycles. The minimum Gasteiger partial charge on any atom is -0.491 e. The molecule has 24 heavy (non-hydrogen) atoms. The average molecular weight is 348 g/mol. The topological polar surface area (TPSA) is 64.6 Å². The van der Waals surface area contributed by atoms with Gasteiger partial charge in [0.05, 0.1) is 23.8 Å². The van der Waals surface area contributed by atoms with Crippen LogP contribution in [0.1, 0.15) is 34.6 Å². The first-order valence-corrected chi connectivity index (χ1v) is 7.74. The summed E-state index contributed by atoms with van der Waals surface area (Å²) in [6.07, 6.45) is 0.0653. The summed E-state index contributed by atoms with van der Waals surface area (Å²) in [7, 11) is 1.27. The Morgan fingerprint density at radius 3 is 2.33 bits per heavy atom. The molecule has 2 aromatic rings. The van der Waals surface area contributed by atoms with Crippen molar-refractivity contribution in [1.29, 1.82) is 0 Å². The Kier molecular flexibility index (Phi) is 5.82. The number of methoxy groups -OCH3 is 1. The van der Waals surface area contributed by atoms with Crippen molar-refractivity contribution in [2.45, 2.75) is 20.0 Å². The summed E-state index contributed by atoms with van der Waals surface area (Å²) in [5, 5.41) is 2.98. The fourth-order valence-corrected chi connectivity index (χ4v) is 2.22. The Balaban J connectivity index is 2.13. The van der Waals surface area contributed by atoms with E-state index >= 15 is 0 Å². The van der Waals surface area contributed by atoms with E-state index in [-0.39, 0.29) is 22.6 Å². The van der Waals surface area contributed by atoms with Gasteiger partial charge in [-0.1, -0.05) is 11.6 Å². The average Bonchev–Trinajstić information content (AvgIpc) is 2.56. The van der Waals surface area contributed by atoms with Crippen molar-refractivity contribution < 1.29 is 19.1 Å². The van der Waals surface area contributed by atoms with Gasteiger partial charge in [0.1, 0.15) is 5.75 Å². The molecule has 1 amide bonds. The van der Waals surface area contributed by atoms with E-state index in [1.807, 2.05) is 13.8 Å². The summed E-state index contributed by atoms with van der Waals surface area (Å²) in [5.41, 5.74) is 1.12. The van der Waals surface area contributed by atoms with Gasteiger partial charge in [-0.05, 0) is 56.3 Å². The van der Waals surface area contributed by atoms with Crippen LogP contribution in [0, 0.1) is 0 Å². The zero-order chi connectivity index (χ0) is 17.7. The summed E-state index contributed by atoms with van der Waals surface area (Å²) < 4.78 is 10.2. The van der Waals surface area contributed by atoms with Crippen LogP contribution in [0.5, 0.6) is 5.75 Å². The molecule has 0 unspecified atom stereocenters. The molecule has 0 atom stereocenters. The summed E-state index contributed by atoms with van der Waals surface area (Å²) in [5.74, 6) is -0.170. The van der Waals surface area contributed by atoms with Gasteiger partial charge in [-0.25, -0.2) is 4.79 Å². The van der Waals surface area contributed by atoms with Gasteiger partial charge in [0.15, 0.2) is 0 Å². The molecule has 0 aliphatic carbocycles. The van der Waals surface area contributed by atoms with E-state index in [4.69, 9.17) is 16.3 Å². The lowest BCUT2D eigenvalue weighted by Gasteiger charge is -2.11. The lowest BCUT2D eigenvalue weighted by atomic mass is 10.1. The van der Waals surface area contributed by atoms with E-state index in [0.717, 1.165) is 0 Å². The molecule has 0 saturated carbocycles. The van der Waals surface area contributed by atoms with Crippen LogP contribution in [0.2, 0.25) is 5.02 Å². The molecular weight excluding hydrogens is 330 g/mol. The van der Waals surface area contributed by atoms with Crippen LogP contribution in [-0.2, 0) is 4.74 Å². The molecule has 0 radical (unpaired) electrons. The van der Waals surface area contributed by atoms with Gasteiger partial charge >= 0.3 is 5.97 Å². The summed E-state index contributed by atoms with van der Waals surface area (Å²) in [6, 6.07) is 11.4. The molecule has 0 spiro atoms. The number of nitrogens with one attached hydrogen (secondary N) is 1. The minimum atomic E-state index is -0.564. The number of benzene rings is 2. The van der Waals surface area contributed by atoms with Gasteiger partial charge in [-0.3, -0.25) is 4.79 Å². The van der Waals surface area contributed by atoms with E-state index in [1.165, 1.54) is 19.2 Å². The Hall–Kier alpha value is -2.53. The molecule has 0 aliphatic rings. The molecule has 0 saturated heterocycles. The number of anilines is 1. The number of amides is 1. The van der Waals surface area contributed by atoms with Crippen molar-refractivity contribution in [3.05, 3.63) is 58.6 Å². The third-order valence-electron chi connectivity index (χ3n) is 3.12. The standard InChI is InChI=1S/C18H18ClNO4/c1-11(2)24-14-7-4-12(5-8-14)17(21)20-13-6-9-16(19)15(10-13)18(22)23-3/h4-11H,1-3H3,(H,20,21). The molecule has 0 aliphatic heterocycles. The van der Waals surface area contributed by atoms with Gasteiger partial charge in [0, 0.05) is 11.3 Å². The number of carbonyl (C=O) groups excluding carboxylic acids is 2. The minimum absolute atomic E-state index is 0.0653. The van der Waals surface area contributed by atoms with Crippen LogP contribution in [0.15, 0.2) is 42.5 Å². The highest BCUT2D eigenvalue weighted by Gasteiger charge is 2.13. The largest absolute Gasteiger partial charge is 0.491 e. The van der Waals surface area contributed by atoms with Gasteiger partial charge in [0.2, 0.25) is 0 Å². The Bertz CT molecular complexity index is 741. The van der Waals surface area contributed by atoms with E-state index in [1.54, 1.807) is 30.3 Å². The van der Waals surface area contributed by atoms with Crippen LogP contribution in [0.25, 0.3) is 0 Å². The monoisotopic (exact) mass is 347 g/mol. The summed E-state index contributed by atoms with van der Waals surface area (Å²) >= 11 is 5.95. The van der Waals surface area contributed by atoms with Crippen molar-refractivity contribution in [2.75, 3.05) is 12.4 Å². The first kappa shape index (κ1) is 17.8. The van der Waals surface area contributed by atoms with Crippen LogP contribution >= 0.6 is 11.6 Å². The molecular formula is C18H18ClNO4. The maximum absolute atomic E-state index is 12.3. The molecule has 126 valence electrons. The highest BCUT2D eigenvalue weighted by Crippen LogP contribution is 2.22. The van der Waals surface area contributed by atoms with Crippen LogP contribution in [-0.4, -0.2) is 25.1 Å². The normalized spacial score (nSPS) is 10.4. The quantitative estimate of drug-likeness (QED) is 0.824. The predicted octanol–water partition coefficient (Wildman–Crippen LogP) is 4.17. The van der Waals surface area contributed by atoms with Crippen molar-refractivity contribution in [2.24, 2.45) is 0 Å². The van der Waals surface area contributed by atoms with E-state index < -0.39 is 5.97 Å². The predicted molar refractivity (Wildman–Crippen MR) is 93.0 cm³/mol. The van der Waals surface area contributed by atoms with E-state index in [9.17, 15) is 9.59 Å². The highest BCUT2D eigenvalue weighted by molar-refractivity contribution is 6.33. The third kappa shape index (κ3) is 4.49. The summed E-state index contributed by atoms with van der Waals surface area (Å²) in [4.78, 5) is 23.9. The number of rotatable bonds is 5. The molecule has 0 bridgehead atoms. The molecule has 1 N–H and O–H groups in total. The molecule has 6 heteroatoms. The second-order valence-electron chi connectivity index (χ2n) is 5.33. The maximum atomic E-state index is 12.3. The number of esters is 1. The first-order chi connectivity index (χ1) is 11.4. The van der Waals surface area contributed by atoms with Crippen LogP contribution in [0.3, 0.4) is 0 Å². The van der Waals surface area contributed by atoms with Crippen LogP contribution < -0.4 is 10.1 Å². The lowest BCUT2D eigenvalue weighted by Crippen LogP contribution is -2.13. The van der Waals surface area contributed by atoms with E-state index in [0.29, 0.717) is 17.0 Å². The fraction of sp³-hybridized carbons (Fsp3) is 0.222. The van der Waals surface area contributed by atoms with Crippen molar-refractivity contribution in [3.8, 4) is 5.75 Å². The Morgan fingerprint density at radius 2 is 1.75 bits per heavy atom. The molecule has 2 rings (SSSR count). The SMILES string of the molecule is COC(=O)c1cc(NC(=O)c2ccc(OC(C)C)cc2)ccc1Cl. The van der Waals surface area contributed by atoms with Crippen molar-refractivity contribution >= 4 is 29.2 Å². The maximum Gasteiger partial charge on any atom is 0.339 e. The highest BCUT2D eigenvalue weighted by atomic mass is 35.5. The third-order valence-corrected chi connectivity index (χ3v) is 3.45. The second-order valence-corrected chi connectivity index (χ2v) is 5.74. The first-order valence-electron chi connectivity index (χ1n) is 7.36. The second kappa shape index (κ2) is 7.84. The number of hydrogen-bond donors (Lipinski definition) is 1. The zero-order valence-electron chi connectivity index (χ0n) is 13.6. The lowest BCUT2D eigenvalue weighted by molar-refractivity contribution is 0.0600. The molecule has 0 heterocycles. The van der Waals surface area contributed by atoms with Gasteiger partial charge in [-0.2, -0.15) is 0 Å². The van der Waals surface area contributed by atoms with Gasteiger partial charge in [-0.15, -0.1) is 0 Å². The number of carbonyl (C=O) groups is 2. The fourth-order valence-electron chi connectivity index (χ4n) is 2.03. The number of hydrogen-bond acceptors (Lipinski definition) is 4. The van der Waals surface area contributed by atoms with Crippen molar-refractivity contribution in [3.63, 3.8) is 0 Å². The number of ether oxygens (including phenoxy) is 2. The van der Waals surface area contributed by atoms with E-state index in [2.05, 4.69) is 10.1 Å². The van der Waals surface area contributed by atoms with Gasteiger partial charge in [0.25, 0.3) is 5.91 Å². The zero-order valence-corrected chi connectivity index (χ0v) is 14.4. The van der Waals surface area contributed by atoms with Crippen LogP contribution in [0.4, 0.5) is 5.69 Å². The van der Waals surface area contributed by atoms with Crippen molar-refractivity contribution in [1.82, 2.24) is 0 Å². The molecule has 5 nitrogen and oxygen atoms in total. The smallest absolute Gasteiger partial charge is 0.339 e. The summed E-state index contributed by atoms with van der Waals surface area (Å²) in [6.45, 7) is 3.86. The molecule has 0 fully saturated rings.